The molecule has 0 atom stereocenters. The van der Waals surface area contributed by atoms with Crippen molar-refractivity contribution in [2.75, 3.05) is 33.3 Å². The summed E-state index contributed by atoms with van der Waals surface area (Å²) in [5.41, 5.74) is 1.23. The lowest BCUT2D eigenvalue weighted by Crippen LogP contribution is -2.48. The van der Waals surface area contributed by atoms with Crippen molar-refractivity contribution < 1.29 is 13.9 Å². The summed E-state index contributed by atoms with van der Waals surface area (Å²) in [6, 6.07) is 11.4. The zero-order valence-corrected chi connectivity index (χ0v) is 14.5. The van der Waals surface area contributed by atoms with Gasteiger partial charge in [-0.25, -0.2) is 0 Å². The number of piperazine rings is 1. The maximum Gasteiger partial charge on any atom is 0.289 e. The molecule has 0 spiro atoms. The number of halogens is 1. The lowest BCUT2D eigenvalue weighted by Gasteiger charge is -2.34. The minimum atomic E-state index is -0.0523. The number of benzene rings is 1. The Bertz CT molecular complexity index is 676. The zero-order chi connectivity index (χ0) is 16.9. The number of amides is 1. The average Bonchev–Trinajstić information content (AvgIpc) is 3.06. The summed E-state index contributed by atoms with van der Waals surface area (Å²) >= 11 is 5.91. The Hall–Kier alpha value is -1.82. The quantitative estimate of drug-likeness (QED) is 0.833. The molecule has 2 aromatic rings. The van der Waals surface area contributed by atoms with Gasteiger partial charge in [0, 0.05) is 44.9 Å². The highest BCUT2D eigenvalue weighted by molar-refractivity contribution is 6.30. The fourth-order valence-corrected chi connectivity index (χ4v) is 2.95. The molecule has 5 nitrogen and oxygen atoms in total. The first-order chi connectivity index (χ1) is 11.7. The molecule has 128 valence electrons. The van der Waals surface area contributed by atoms with Gasteiger partial charge in [0.25, 0.3) is 5.91 Å². The van der Waals surface area contributed by atoms with E-state index in [1.54, 1.807) is 19.2 Å². The lowest BCUT2D eigenvalue weighted by atomic mass is 10.2. The summed E-state index contributed by atoms with van der Waals surface area (Å²) in [4.78, 5) is 16.7. The van der Waals surface area contributed by atoms with Crippen molar-refractivity contribution in [1.82, 2.24) is 9.80 Å². The molecule has 6 heteroatoms. The van der Waals surface area contributed by atoms with E-state index >= 15 is 0 Å². The Balaban J connectivity index is 1.52. The van der Waals surface area contributed by atoms with Gasteiger partial charge >= 0.3 is 0 Å². The molecule has 1 fully saturated rings. The van der Waals surface area contributed by atoms with Crippen LogP contribution in [0.25, 0.3) is 0 Å². The van der Waals surface area contributed by atoms with E-state index in [0.717, 1.165) is 24.7 Å². The molecule has 24 heavy (non-hydrogen) atoms. The van der Waals surface area contributed by atoms with Gasteiger partial charge in [-0.05, 0) is 29.8 Å². The highest BCUT2D eigenvalue weighted by atomic mass is 35.5. The molecule has 1 saturated heterocycles. The Morgan fingerprint density at radius 2 is 1.83 bits per heavy atom. The van der Waals surface area contributed by atoms with Crippen molar-refractivity contribution in [3.05, 3.63) is 58.5 Å². The monoisotopic (exact) mass is 348 g/mol. The second-order valence-corrected chi connectivity index (χ2v) is 6.33. The molecular formula is C18H21ClN2O3. The molecule has 2 heterocycles. The van der Waals surface area contributed by atoms with Gasteiger partial charge in [-0.15, -0.1) is 0 Å². The normalized spacial score (nSPS) is 15.7. The van der Waals surface area contributed by atoms with Crippen molar-refractivity contribution in [3.8, 4) is 0 Å². The van der Waals surface area contributed by atoms with E-state index in [-0.39, 0.29) is 5.91 Å². The molecule has 1 amide bonds. The minimum absolute atomic E-state index is 0.0523. The lowest BCUT2D eigenvalue weighted by molar-refractivity contribution is 0.0591. The van der Waals surface area contributed by atoms with Crippen molar-refractivity contribution in [1.29, 1.82) is 0 Å². The third-order valence-electron chi connectivity index (χ3n) is 4.14. The molecule has 1 aliphatic heterocycles. The van der Waals surface area contributed by atoms with E-state index in [2.05, 4.69) is 4.90 Å². The Labute approximate surface area is 146 Å². The Morgan fingerprint density at radius 3 is 2.50 bits per heavy atom. The molecule has 0 radical (unpaired) electrons. The molecule has 1 aromatic heterocycles. The minimum Gasteiger partial charge on any atom is -0.453 e. The predicted octanol–water partition coefficient (Wildman–Crippen LogP) is 3.04. The molecule has 1 aliphatic rings. The molecule has 0 unspecified atom stereocenters. The number of rotatable bonds is 5. The number of furan rings is 1. The molecule has 1 aromatic carbocycles. The van der Waals surface area contributed by atoms with E-state index in [0.29, 0.717) is 31.2 Å². The molecule has 0 aliphatic carbocycles. The van der Waals surface area contributed by atoms with Crippen molar-refractivity contribution >= 4 is 17.5 Å². The van der Waals surface area contributed by atoms with Crippen LogP contribution >= 0.6 is 11.6 Å². The topological polar surface area (TPSA) is 45.9 Å². The number of hydrogen-bond acceptors (Lipinski definition) is 4. The standard InChI is InChI=1S/C18H21ClN2O3/c1-23-13-16-6-7-17(24-16)18(22)21-10-8-20(9-11-21)12-14-2-4-15(19)5-3-14/h2-7H,8-13H2,1H3. The second kappa shape index (κ2) is 7.83. The van der Waals surface area contributed by atoms with Crippen LogP contribution in [0, 0.1) is 0 Å². The van der Waals surface area contributed by atoms with E-state index < -0.39 is 0 Å². The van der Waals surface area contributed by atoms with Crippen LogP contribution in [0.15, 0.2) is 40.8 Å². The SMILES string of the molecule is COCc1ccc(C(=O)N2CCN(Cc3ccc(Cl)cc3)CC2)o1. The molecule has 0 N–H and O–H groups in total. The first kappa shape index (κ1) is 17.0. The van der Waals surface area contributed by atoms with Gasteiger partial charge in [-0.3, -0.25) is 9.69 Å². The van der Waals surface area contributed by atoms with Gasteiger partial charge in [0.05, 0.1) is 0 Å². The fraction of sp³-hybridized carbons (Fsp3) is 0.389. The van der Waals surface area contributed by atoms with Crippen molar-refractivity contribution in [2.45, 2.75) is 13.2 Å². The molecule has 3 rings (SSSR count). The number of carbonyl (C=O) groups is 1. The average molecular weight is 349 g/mol. The van der Waals surface area contributed by atoms with E-state index in [1.807, 2.05) is 29.2 Å². The summed E-state index contributed by atoms with van der Waals surface area (Å²) in [6.07, 6.45) is 0. The van der Waals surface area contributed by atoms with E-state index in [1.165, 1.54) is 5.56 Å². The van der Waals surface area contributed by atoms with Gasteiger partial charge in [0.1, 0.15) is 12.4 Å². The summed E-state index contributed by atoms with van der Waals surface area (Å²) in [7, 11) is 1.60. The van der Waals surface area contributed by atoms with Crippen LogP contribution in [-0.2, 0) is 17.9 Å². The van der Waals surface area contributed by atoms with Crippen LogP contribution in [0.5, 0.6) is 0 Å². The zero-order valence-electron chi connectivity index (χ0n) is 13.7. The van der Waals surface area contributed by atoms with Crippen LogP contribution in [0.1, 0.15) is 21.9 Å². The Kier molecular flexibility index (Phi) is 5.56. The number of ether oxygens (including phenoxy) is 1. The largest absolute Gasteiger partial charge is 0.453 e. The second-order valence-electron chi connectivity index (χ2n) is 5.89. The summed E-state index contributed by atoms with van der Waals surface area (Å²) < 4.78 is 10.5. The van der Waals surface area contributed by atoms with Crippen LogP contribution in [0.4, 0.5) is 0 Å². The van der Waals surface area contributed by atoms with Crippen LogP contribution < -0.4 is 0 Å². The summed E-state index contributed by atoms with van der Waals surface area (Å²) in [5, 5.41) is 0.750. The first-order valence-corrected chi connectivity index (χ1v) is 8.37. The van der Waals surface area contributed by atoms with Crippen LogP contribution in [0.2, 0.25) is 5.02 Å². The highest BCUT2D eigenvalue weighted by Gasteiger charge is 2.24. The maximum absolute atomic E-state index is 12.5. The van der Waals surface area contributed by atoms with Gasteiger partial charge < -0.3 is 14.1 Å². The van der Waals surface area contributed by atoms with Crippen molar-refractivity contribution in [3.63, 3.8) is 0 Å². The maximum atomic E-state index is 12.5. The van der Waals surface area contributed by atoms with Gasteiger partial charge in [-0.2, -0.15) is 0 Å². The smallest absolute Gasteiger partial charge is 0.289 e. The number of methoxy groups -OCH3 is 1. The fourth-order valence-electron chi connectivity index (χ4n) is 2.83. The van der Waals surface area contributed by atoms with Gasteiger partial charge in [0.2, 0.25) is 0 Å². The Morgan fingerprint density at radius 1 is 1.12 bits per heavy atom. The number of nitrogens with zero attached hydrogens (tertiary/aromatic N) is 2. The highest BCUT2D eigenvalue weighted by Crippen LogP contribution is 2.15. The number of hydrogen-bond donors (Lipinski definition) is 0. The molecule has 0 saturated carbocycles. The van der Waals surface area contributed by atoms with Gasteiger partial charge in [0.15, 0.2) is 5.76 Å². The third-order valence-corrected chi connectivity index (χ3v) is 4.39. The van der Waals surface area contributed by atoms with E-state index in [9.17, 15) is 4.79 Å². The van der Waals surface area contributed by atoms with E-state index in [4.69, 9.17) is 20.8 Å². The predicted molar refractivity (Wildman–Crippen MR) is 92.1 cm³/mol. The van der Waals surface area contributed by atoms with Crippen LogP contribution in [0.3, 0.4) is 0 Å². The summed E-state index contributed by atoms with van der Waals surface area (Å²) in [6.45, 7) is 4.35. The van der Waals surface area contributed by atoms with Crippen molar-refractivity contribution in [2.24, 2.45) is 0 Å². The molecule has 0 bridgehead atoms. The first-order valence-electron chi connectivity index (χ1n) is 7.99. The van der Waals surface area contributed by atoms with Gasteiger partial charge in [-0.1, -0.05) is 23.7 Å². The number of carbonyl (C=O) groups excluding carboxylic acids is 1. The third kappa shape index (κ3) is 4.17. The summed E-state index contributed by atoms with van der Waals surface area (Å²) in [5.74, 6) is 0.999. The molecular weight excluding hydrogens is 328 g/mol. The van der Waals surface area contributed by atoms with Crippen LogP contribution in [-0.4, -0.2) is 49.0 Å².